The van der Waals surface area contributed by atoms with Crippen LogP contribution in [0.5, 0.6) is 5.75 Å². The van der Waals surface area contributed by atoms with Gasteiger partial charge in [-0.2, -0.15) is 5.26 Å². The van der Waals surface area contributed by atoms with E-state index in [0.717, 1.165) is 27.8 Å². The summed E-state index contributed by atoms with van der Waals surface area (Å²) < 4.78 is 7.37. The van der Waals surface area contributed by atoms with Gasteiger partial charge in [0.05, 0.1) is 11.6 Å². The molecule has 204 valence electrons. The van der Waals surface area contributed by atoms with E-state index in [2.05, 4.69) is 141 Å². The molecular formula is C41H29NO. The van der Waals surface area contributed by atoms with Crippen LogP contribution in [0.3, 0.4) is 0 Å². The summed E-state index contributed by atoms with van der Waals surface area (Å²) in [5.41, 5.74) is 10.1. The Morgan fingerprint density at radius 3 is 2.00 bits per heavy atom. The van der Waals surface area contributed by atoms with Crippen molar-refractivity contribution in [3.05, 3.63) is 167 Å². The topological polar surface area (TPSA) is 33.0 Å². The number of ether oxygens (including phenoxy) is 1. The van der Waals surface area contributed by atoms with Crippen LogP contribution in [-0.2, 0) is 11.0 Å². The lowest BCUT2D eigenvalue weighted by molar-refractivity contribution is 0.163. The van der Waals surface area contributed by atoms with Gasteiger partial charge < -0.3 is 4.74 Å². The molecule has 0 amide bonds. The maximum Gasteiger partial charge on any atom is 0.178 e. The third-order valence-corrected chi connectivity index (χ3v) is 9.29. The number of nitrogens with zero attached hydrogens (tertiary/aromatic N) is 1. The minimum absolute atomic E-state index is 0.302. The van der Waals surface area contributed by atoms with E-state index in [1.165, 1.54) is 38.8 Å². The number of benzene rings is 6. The molecule has 2 heteroatoms. The van der Waals surface area contributed by atoms with Crippen LogP contribution in [0.2, 0.25) is 0 Å². The van der Waals surface area contributed by atoms with Crippen molar-refractivity contribution in [2.75, 3.05) is 0 Å². The van der Waals surface area contributed by atoms with E-state index in [0.29, 0.717) is 5.56 Å². The second kappa shape index (κ2) is 9.31. The molecule has 8 rings (SSSR count). The van der Waals surface area contributed by atoms with Gasteiger partial charge in [-0.05, 0) is 57.0 Å². The van der Waals surface area contributed by atoms with Gasteiger partial charge in [0.1, 0.15) is 5.75 Å². The minimum Gasteiger partial charge on any atom is -0.472 e. The average Bonchev–Trinajstić information content (AvgIpc) is 3.31. The highest BCUT2D eigenvalue weighted by molar-refractivity contribution is 6.08. The zero-order chi connectivity index (χ0) is 29.2. The van der Waals surface area contributed by atoms with Gasteiger partial charge >= 0.3 is 0 Å². The van der Waals surface area contributed by atoms with Crippen LogP contribution >= 0.6 is 0 Å². The third kappa shape index (κ3) is 3.65. The Morgan fingerprint density at radius 2 is 1.28 bits per heavy atom. The molecule has 2 nitrogen and oxygen atoms in total. The van der Waals surface area contributed by atoms with E-state index in [4.69, 9.17) is 4.74 Å². The Balaban J connectivity index is 1.37. The molecule has 1 heterocycles. The van der Waals surface area contributed by atoms with Crippen LogP contribution in [0.25, 0.3) is 39.1 Å². The summed E-state index contributed by atoms with van der Waals surface area (Å²) >= 11 is 0. The van der Waals surface area contributed by atoms with Crippen LogP contribution in [0.4, 0.5) is 0 Å². The molecule has 0 saturated heterocycles. The first-order chi connectivity index (χ1) is 21.0. The van der Waals surface area contributed by atoms with Crippen molar-refractivity contribution in [3.63, 3.8) is 0 Å². The predicted molar refractivity (Wildman–Crippen MR) is 175 cm³/mol. The molecule has 0 aromatic heterocycles. The minimum atomic E-state index is -0.802. The van der Waals surface area contributed by atoms with Crippen molar-refractivity contribution in [1.29, 1.82) is 5.26 Å². The summed E-state index contributed by atoms with van der Waals surface area (Å²) in [6.45, 7) is 4.53. The molecule has 0 fully saturated rings. The maximum absolute atomic E-state index is 9.69. The van der Waals surface area contributed by atoms with Crippen LogP contribution in [0, 0.1) is 11.3 Å². The van der Waals surface area contributed by atoms with E-state index in [1.54, 1.807) is 0 Å². The van der Waals surface area contributed by atoms with Gasteiger partial charge in [0.25, 0.3) is 0 Å². The molecule has 2 aliphatic rings. The molecule has 1 unspecified atom stereocenters. The summed E-state index contributed by atoms with van der Waals surface area (Å²) in [7, 11) is 0. The largest absolute Gasteiger partial charge is 0.472 e. The monoisotopic (exact) mass is 551 g/mol. The maximum atomic E-state index is 9.69. The van der Waals surface area contributed by atoms with Crippen molar-refractivity contribution >= 4 is 16.8 Å². The summed E-state index contributed by atoms with van der Waals surface area (Å²) in [6.07, 6.45) is 4.51. The normalized spacial score (nSPS) is 17.4. The SMILES string of the molecule is CC1(C)c2cc(C#N)ccc2-c2c1c1c(c3ccccc23)OC(c2ccccc2)(c2ccc(-c3ccccc3)cc2)C=C1. The first-order valence-corrected chi connectivity index (χ1v) is 14.8. The summed E-state index contributed by atoms with van der Waals surface area (Å²) in [5.74, 6) is 0.897. The number of hydrogen-bond donors (Lipinski definition) is 0. The highest BCUT2D eigenvalue weighted by Gasteiger charge is 2.44. The molecule has 0 bridgehead atoms. The Bertz CT molecular complexity index is 2120. The van der Waals surface area contributed by atoms with Gasteiger partial charge in [-0.25, -0.2) is 0 Å². The van der Waals surface area contributed by atoms with Gasteiger partial charge in [0, 0.05) is 27.5 Å². The molecule has 1 aliphatic heterocycles. The Hall–Kier alpha value is -5.39. The Morgan fingerprint density at radius 1 is 0.651 bits per heavy atom. The fourth-order valence-electron chi connectivity index (χ4n) is 7.21. The van der Waals surface area contributed by atoms with E-state index in [-0.39, 0.29) is 5.41 Å². The fourth-order valence-corrected chi connectivity index (χ4v) is 7.21. The molecular weight excluding hydrogens is 522 g/mol. The molecule has 0 saturated carbocycles. The molecule has 1 aliphatic carbocycles. The van der Waals surface area contributed by atoms with Crippen LogP contribution in [0.15, 0.2) is 133 Å². The molecule has 0 N–H and O–H groups in total. The van der Waals surface area contributed by atoms with Crippen LogP contribution < -0.4 is 4.74 Å². The lowest BCUT2D eigenvalue weighted by atomic mass is 9.76. The van der Waals surface area contributed by atoms with E-state index >= 15 is 0 Å². The quantitative estimate of drug-likeness (QED) is 0.219. The highest BCUT2D eigenvalue weighted by Crippen LogP contribution is 2.58. The zero-order valence-electron chi connectivity index (χ0n) is 24.1. The highest BCUT2D eigenvalue weighted by atomic mass is 16.5. The lowest BCUT2D eigenvalue weighted by Crippen LogP contribution is -2.35. The number of rotatable bonds is 3. The summed E-state index contributed by atoms with van der Waals surface area (Å²) in [5, 5.41) is 12.0. The second-order valence-corrected chi connectivity index (χ2v) is 12.0. The standard InChI is InChI=1S/C41H29NO/c1-40(2)36-25-27(26-42)17-22-34(36)37-32-15-9-10-16-33(32)39-35(38(37)40)23-24-41(43-39,30-13-7-4-8-14-30)31-20-18-29(19-21-31)28-11-5-3-6-12-28/h3-25H,1-2H3. The van der Waals surface area contributed by atoms with Crippen molar-refractivity contribution in [1.82, 2.24) is 0 Å². The summed E-state index contributed by atoms with van der Waals surface area (Å²) in [6, 6.07) is 46.8. The third-order valence-electron chi connectivity index (χ3n) is 9.29. The van der Waals surface area contributed by atoms with Crippen molar-refractivity contribution in [2.45, 2.75) is 24.9 Å². The Labute approximate surface area is 252 Å². The van der Waals surface area contributed by atoms with E-state index in [1.807, 2.05) is 18.2 Å². The molecule has 1 atom stereocenters. The van der Waals surface area contributed by atoms with E-state index < -0.39 is 5.60 Å². The van der Waals surface area contributed by atoms with Gasteiger partial charge in [-0.15, -0.1) is 0 Å². The predicted octanol–water partition coefficient (Wildman–Crippen LogP) is 10.0. The van der Waals surface area contributed by atoms with Crippen molar-refractivity contribution in [3.8, 4) is 34.1 Å². The molecule has 6 aromatic rings. The zero-order valence-corrected chi connectivity index (χ0v) is 24.1. The van der Waals surface area contributed by atoms with Gasteiger partial charge in [0.15, 0.2) is 5.60 Å². The molecule has 0 radical (unpaired) electrons. The van der Waals surface area contributed by atoms with Crippen molar-refractivity contribution in [2.24, 2.45) is 0 Å². The van der Waals surface area contributed by atoms with E-state index in [9.17, 15) is 5.26 Å². The molecule has 0 spiro atoms. The van der Waals surface area contributed by atoms with Crippen molar-refractivity contribution < 1.29 is 4.74 Å². The molecule has 43 heavy (non-hydrogen) atoms. The van der Waals surface area contributed by atoms with Gasteiger partial charge in [-0.3, -0.25) is 0 Å². The fraction of sp³-hybridized carbons (Fsp3) is 0.0976. The number of hydrogen-bond acceptors (Lipinski definition) is 2. The average molecular weight is 552 g/mol. The lowest BCUT2D eigenvalue weighted by Gasteiger charge is -2.38. The first kappa shape index (κ1) is 25.3. The number of nitriles is 1. The Kier molecular flexibility index (Phi) is 5.49. The van der Waals surface area contributed by atoms with Crippen LogP contribution in [0.1, 0.15) is 47.2 Å². The molecule has 6 aromatic carbocycles. The second-order valence-electron chi connectivity index (χ2n) is 12.0. The first-order valence-electron chi connectivity index (χ1n) is 14.8. The smallest absolute Gasteiger partial charge is 0.178 e. The van der Waals surface area contributed by atoms with Crippen LogP contribution in [-0.4, -0.2) is 0 Å². The summed E-state index contributed by atoms with van der Waals surface area (Å²) in [4.78, 5) is 0. The number of fused-ring (bicyclic) bond motifs is 8. The van der Waals surface area contributed by atoms with Gasteiger partial charge in [0.2, 0.25) is 0 Å². The van der Waals surface area contributed by atoms with Gasteiger partial charge in [-0.1, -0.05) is 135 Å².